The lowest BCUT2D eigenvalue weighted by molar-refractivity contribution is -0.218. The number of ether oxygens (including phenoxy) is 2. The molecule has 0 saturated carbocycles. The zero-order chi connectivity index (χ0) is 15.0. The molecule has 0 radical (unpaired) electrons. The van der Waals surface area contributed by atoms with E-state index >= 15 is 0 Å². The first-order valence-corrected chi connectivity index (χ1v) is 7.67. The maximum Gasteiger partial charge on any atom is 0.213 e. The van der Waals surface area contributed by atoms with Gasteiger partial charge in [0.05, 0.1) is 6.61 Å². The number of nitrogens with one attached hydrogen (secondary N) is 1. The summed E-state index contributed by atoms with van der Waals surface area (Å²) in [7, 11) is 0. The Kier molecular flexibility index (Phi) is 3.36. The van der Waals surface area contributed by atoms with Crippen molar-refractivity contribution in [3.63, 3.8) is 0 Å². The average molecular weight is 299 g/mol. The lowest BCUT2D eigenvalue weighted by Gasteiger charge is -2.41. The van der Waals surface area contributed by atoms with Crippen LogP contribution in [-0.2, 0) is 11.3 Å². The van der Waals surface area contributed by atoms with E-state index in [2.05, 4.69) is 5.32 Å². The zero-order valence-electron chi connectivity index (χ0n) is 12.3. The summed E-state index contributed by atoms with van der Waals surface area (Å²) in [5, 5.41) is 3.32. The molecule has 2 aliphatic rings. The molecule has 22 heavy (non-hydrogen) atoms. The van der Waals surface area contributed by atoms with Crippen LogP contribution in [0.2, 0.25) is 0 Å². The molecule has 2 aliphatic heterocycles. The molecule has 4 heteroatoms. The van der Waals surface area contributed by atoms with Gasteiger partial charge >= 0.3 is 0 Å². The van der Waals surface area contributed by atoms with Gasteiger partial charge in [-0.15, -0.1) is 0 Å². The fourth-order valence-electron chi connectivity index (χ4n) is 3.13. The molecule has 2 heterocycles. The van der Waals surface area contributed by atoms with Crippen LogP contribution in [-0.4, -0.2) is 18.9 Å². The van der Waals surface area contributed by atoms with E-state index in [0.29, 0.717) is 6.61 Å². The van der Waals surface area contributed by atoms with E-state index in [1.165, 1.54) is 6.07 Å². The van der Waals surface area contributed by atoms with Gasteiger partial charge in [-0.25, -0.2) is 4.39 Å². The molecule has 3 nitrogen and oxygen atoms in total. The highest BCUT2D eigenvalue weighted by atomic mass is 19.1. The van der Waals surface area contributed by atoms with Crippen LogP contribution in [0.3, 0.4) is 0 Å². The summed E-state index contributed by atoms with van der Waals surface area (Å²) in [5.41, 5.74) is 2.86. The Morgan fingerprint density at radius 2 is 1.82 bits per heavy atom. The zero-order valence-corrected chi connectivity index (χ0v) is 12.3. The number of fused-ring (bicyclic) bond motifs is 1. The highest BCUT2D eigenvalue weighted by Crippen LogP contribution is 2.38. The van der Waals surface area contributed by atoms with E-state index in [4.69, 9.17) is 9.47 Å². The molecule has 1 fully saturated rings. The number of halogens is 1. The predicted molar refractivity (Wildman–Crippen MR) is 82.1 cm³/mol. The minimum absolute atomic E-state index is 0.226. The molecule has 1 saturated heterocycles. The van der Waals surface area contributed by atoms with E-state index < -0.39 is 5.79 Å². The van der Waals surface area contributed by atoms with E-state index in [1.807, 2.05) is 24.3 Å². The summed E-state index contributed by atoms with van der Waals surface area (Å²) in [6.07, 6.45) is 1.72. The van der Waals surface area contributed by atoms with Crippen molar-refractivity contribution in [3.8, 4) is 16.9 Å². The number of hydrogen-bond acceptors (Lipinski definition) is 3. The summed E-state index contributed by atoms with van der Waals surface area (Å²) >= 11 is 0. The maximum atomic E-state index is 13.4. The SMILES string of the molecule is Fc1cccc(-c2ccc3c(c2)COC2(CCNCC2)O3)c1. The lowest BCUT2D eigenvalue weighted by Crippen LogP contribution is -2.49. The van der Waals surface area contributed by atoms with Gasteiger partial charge in [0.1, 0.15) is 11.6 Å². The Morgan fingerprint density at radius 3 is 2.64 bits per heavy atom. The molecule has 0 amide bonds. The lowest BCUT2D eigenvalue weighted by atomic mass is 10.00. The van der Waals surface area contributed by atoms with Crippen LogP contribution in [0.15, 0.2) is 42.5 Å². The third kappa shape index (κ3) is 2.49. The molecule has 0 atom stereocenters. The van der Waals surface area contributed by atoms with Crippen LogP contribution in [0.5, 0.6) is 5.75 Å². The summed E-state index contributed by atoms with van der Waals surface area (Å²) in [6.45, 7) is 2.37. The van der Waals surface area contributed by atoms with E-state index in [9.17, 15) is 4.39 Å². The van der Waals surface area contributed by atoms with Gasteiger partial charge in [-0.3, -0.25) is 0 Å². The topological polar surface area (TPSA) is 30.5 Å². The maximum absolute atomic E-state index is 13.4. The normalized spacial score (nSPS) is 19.5. The van der Waals surface area contributed by atoms with Crippen LogP contribution in [0, 0.1) is 5.82 Å². The van der Waals surface area contributed by atoms with Gasteiger partial charge < -0.3 is 14.8 Å². The van der Waals surface area contributed by atoms with Crippen molar-refractivity contribution >= 4 is 0 Å². The molecule has 2 aromatic rings. The Hall–Kier alpha value is -1.91. The first kappa shape index (κ1) is 13.7. The highest BCUT2D eigenvalue weighted by Gasteiger charge is 2.38. The van der Waals surface area contributed by atoms with Gasteiger partial charge in [-0.05, 0) is 35.4 Å². The number of benzene rings is 2. The van der Waals surface area contributed by atoms with Crippen LogP contribution in [0.1, 0.15) is 18.4 Å². The molecule has 0 unspecified atom stereocenters. The Balaban J connectivity index is 1.63. The molecule has 4 rings (SSSR count). The van der Waals surface area contributed by atoms with Crippen molar-refractivity contribution in [2.75, 3.05) is 13.1 Å². The van der Waals surface area contributed by atoms with Gasteiger partial charge in [0.25, 0.3) is 0 Å². The second-order valence-electron chi connectivity index (χ2n) is 5.88. The quantitative estimate of drug-likeness (QED) is 0.874. The average Bonchev–Trinajstić information content (AvgIpc) is 2.55. The number of piperidine rings is 1. The van der Waals surface area contributed by atoms with Crippen molar-refractivity contribution in [1.82, 2.24) is 5.32 Å². The molecule has 114 valence electrons. The molecular weight excluding hydrogens is 281 g/mol. The van der Waals surface area contributed by atoms with Crippen molar-refractivity contribution in [2.24, 2.45) is 0 Å². The first-order chi connectivity index (χ1) is 10.7. The third-order valence-corrected chi connectivity index (χ3v) is 4.37. The van der Waals surface area contributed by atoms with Gasteiger partial charge in [-0.1, -0.05) is 18.2 Å². The molecule has 0 aromatic heterocycles. The Bertz CT molecular complexity index is 695. The standard InChI is InChI=1S/C18H18FNO2/c19-16-3-1-2-13(11-16)14-4-5-17-15(10-14)12-21-18(22-17)6-8-20-9-7-18/h1-5,10-11,20H,6-9,12H2. The van der Waals surface area contributed by atoms with Crippen LogP contribution < -0.4 is 10.1 Å². The van der Waals surface area contributed by atoms with Crippen LogP contribution in [0.4, 0.5) is 4.39 Å². The summed E-state index contributed by atoms with van der Waals surface area (Å²) in [4.78, 5) is 0. The number of rotatable bonds is 1. The fourth-order valence-corrected chi connectivity index (χ4v) is 3.13. The molecule has 0 aliphatic carbocycles. The molecule has 1 spiro atoms. The number of hydrogen-bond donors (Lipinski definition) is 1. The molecular formula is C18H18FNO2. The summed E-state index contributed by atoms with van der Waals surface area (Å²) in [5.74, 6) is 0.184. The first-order valence-electron chi connectivity index (χ1n) is 7.67. The van der Waals surface area contributed by atoms with Crippen molar-refractivity contribution < 1.29 is 13.9 Å². The minimum Gasteiger partial charge on any atom is -0.462 e. The second-order valence-corrected chi connectivity index (χ2v) is 5.88. The smallest absolute Gasteiger partial charge is 0.213 e. The largest absolute Gasteiger partial charge is 0.462 e. The minimum atomic E-state index is -0.474. The third-order valence-electron chi connectivity index (χ3n) is 4.37. The summed E-state index contributed by atoms with van der Waals surface area (Å²) < 4.78 is 25.5. The molecule has 0 bridgehead atoms. The monoisotopic (exact) mass is 299 g/mol. The van der Waals surface area contributed by atoms with Gasteiger partial charge in [-0.2, -0.15) is 0 Å². The summed E-state index contributed by atoms with van der Waals surface area (Å²) in [6, 6.07) is 12.6. The molecule has 1 N–H and O–H groups in total. The van der Waals surface area contributed by atoms with Gasteiger partial charge in [0.15, 0.2) is 0 Å². The molecule has 2 aromatic carbocycles. The Morgan fingerprint density at radius 1 is 1.00 bits per heavy atom. The highest BCUT2D eigenvalue weighted by molar-refractivity contribution is 5.65. The van der Waals surface area contributed by atoms with Crippen LogP contribution in [0.25, 0.3) is 11.1 Å². The van der Waals surface area contributed by atoms with Gasteiger partial charge in [0, 0.05) is 31.5 Å². The van der Waals surface area contributed by atoms with Crippen molar-refractivity contribution in [2.45, 2.75) is 25.2 Å². The van der Waals surface area contributed by atoms with Crippen molar-refractivity contribution in [1.29, 1.82) is 0 Å². The van der Waals surface area contributed by atoms with E-state index in [0.717, 1.165) is 48.4 Å². The Labute approximate surface area is 129 Å². The van der Waals surface area contributed by atoms with Crippen molar-refractivity contribution in [3.05, 3.63) is 53.8 Å². The van der Waals surface area contributed by atoms with E-state index in [1.54, 1.807) is 12.1 Å². The second kappa shape index (κ2) is 5.38. The van der Waals surface area contributed by atoms with Gasteiger partial charge in [0.2, 0.25) is 5.79 Å². The van der Waals surface area contributed by atoms with E-state index in [-0.39, 0.29) is 5.82 Å². The fraction of sp³-hybridized carbons (Fsp3) is 0.333. The van der Waals surface area contributed by atoms with Crippen LogP contribution >= 0.6 is 0 Å². The predicted octanol–water partition coefficient (Wildman–Crippen LogP) is 3.48.